The van der Waals surface area contributed by atoms with E-state index >= 15 is 0 Å². The number of fused-ring (bicyclic) bond motifs is 1. The molecule has 0 saturated carbocycles. The van der Waals surface area contributed by atoms with E-state index in [1.165, 1.54) is 7.11 Å². The first-order valence-electron chi connectivity index (χ1n) is 8.63. The normalized spacial score (nSPS) is 16.3. The van der Waals surface area contributed by atoms with Gasteiger partial charge < -0.3 is 14.5 Å². The minimum Gasteiger partial charge on any atom is -0.375 e. The minimum atomic E-state index is -0.0412. The van der Waals surface area contributed by atoms with Crippen molar-refractivity contribution in [2.75, 3.05) is 39.3 Å². The van der Waals surface area contributed by atoms with Gasteiger partial charge in [-0.2, -0.15) is 5.10 Å². The average Bonchev–Trinajstić information content (AvgIpc) is 3.09. The van der Waals surface area contributed by atoms with E-state index in [-0.39, 0.29) is 30.9 Å². The molecule has 26 heavy (non-hydrogen) atoms. The van der Waals surface area contributed by atoms with Crippen LogP contribution < -0.4 is 4.90 Å². The fraction of sp³-hybridized carbons (Fsp3) is 0.421. The number of benzene rings is 1. The predicted octanol–water partition coefficient (Wildman–Crippen LogP) is 1.49. The number of carbonyl (C=O) groups excluding carboxylic acids is 2. The number of para-hydroxylation sites is 1. The van der Waals surface area contributed by atoms with E-state index < -0.39 is 0 Å². The molecule has 2 amide bonds. The summed E-state index contributed by atoms with van der Waals surface area (Å²) in [6.45, 7) is 0.910. The standard InChI is InChI=1S/C19H24N4O3/c1-21(2)18(24)12-22-10-9-16(20-22)14-8-11-23(19(25)13-26-3)17-7-5-4-6-15(14)17/h4-7,9-10,14H,8,11-13H2,1-3H3/t14-/m0/s1. The van der Waals surface area contributed by atoms with Crippen molar-refractivity contribution >= 4 is 17.5 Å². The summed E-state index contributed by atoms with van der Waals surface area (Å²) in [6, 6.07) is 9.86. The Morgan fingerprint density at radius 1 is 1.27 bits per heavy atom. The number of amides is 2. The zero-order valence-electron chi connectivity index (χ0n) is 15.4. The SMILES string of the molecule is COCC(=O)N1CC[C@H](c2ccn(CC(=O)N(C)C)n2)c2ccccc21. The Kier molecular flexibility index (Phi) is 5.37. The minimum absolute atomic E-state index is 0.0000294. The van der Waals surface area contributed by atoms with Crippen LogP contribution in [0.1, 0.15) is 23.6 Å². The van der Waals surface area contributed by atoms with Crippen LogP contribution in [0.4, 0.5) is 5.69 Å². The number of carbonyl (C=O) groups is 2. The van der Waals surface area contributed by atoms with Gasteiger partial charge >= 0.3 is 0 Å². The molecule has 0 saturated heterocycles. The van der Waals surface area contributed by atoms with Crippen LogP contribution in [0.2, 0.25) is 0 Å². The summed E-state index contributed by atoms with van der Waals surface area (Å²) >= 11 is 0. The fourth-order valence-electron chi connectivity index (χ4n) is 3.26. The quantitative estimate of drug-likeness (QED) is 0.814. The highest BCUT2D eigenvalue weighted by Gasteiger charge is 2.30. The van der Waals surface area contributed by atoms with Gasteiger partial charge in [-0.15, -0.1) is 0 Å². The van der Waals surface area contributed by atoms with Crippen molar-refractivity contribution in [2.24, 2.45) is 0 Å². The summed E-state index contributed by atoms with van der Waals surface area (Å²) in [5, 5.41) is 4.60. The van der Waals surface area contributed by atoms with Crippen LogP contribution in [0.25, 0.3) is 0 Å². The summed E-state index contributed by atoms with van der Waals surface area (Å²) < 4.78 is 6.67. The largest absolute Gasteiger partial charge is 0.375 e. The first-order valence-corrected chi connectivity index (χ1v) is 8.63. The Bertz CT molecular complexity index is 800. The number of aromatic nitrogens is 2. The molecule has 2 aromatic rings. The molecule has 1 aromatic heterocycles. The van der Waals surface area contributed by atoms with Crippen molar-refractivity contribution in [3.8, 4) is 0 Å². The van der Waals surface area contributed by atoms with Crippen LogP contribution in [0, 0.1) is 0 Å². The Morgan fingerprint density at radius 2 is 2.04 bits per heavy atom. The zero-order valence-corrected chi connectivity index (χ0v) is 15.4. The lowest BCUT2D eigenvalue weighted by Gasteiger charge is -2.33. The Labute approximate surface area is 153 Å². The van der Waals surface area contributed by atoms with Gasteiger partial charge in [0.2, 0.25) is 5.91 Å². The maximum absolute atomic E-state index is 12.3. The molecule has 3 rings (SSSR count). The van der Waals surface area contributed by atoms with E-state index in [9.17, 15) is 9.59 Å². The lowest BCUT2D eigenvalue weighted by Crippen LogP contribution is -2.39. The van der Waals surface area contributed by atoms with Gasteiger partial charge in [0.05, 0.1) is 5.69 Å². The van der Waals surface area contributed by atoms with E-state index in [1.807, 2.05) is 36.5 Å². The number of hydrogen-bond donors (Lipinski definition) is 0. The third kappa shape index (κ3) is 3.62. The van der Waals surface area contributed by atoms with Gasteiger partial charge in [0.25, 0.3) is 5.91 Å². The van der Waals surface area contributed by atoms with Crippen molar-refractivity contribution in [1.29, 1.82) is 0 Å². The molecule has 7 heteroatoms. The maximum atomic E-state index is 12.3. The summed E-state index contributed by atoms with van der Waals surface area (Å²) in [5.74, 6) is 0.0639. The van der Waals surface area contributed by atoms with Crippen LogP contribution >= 0.6 is 0 Å². The van der Waals surface area contributed by atoms with Gasteiger partial charge in [-0.25, -0.2) is 0 Å². The molecular formula is C19H24N4O3. The van der Waals surface area contributed by atoms with Crippen molar-refractivity contribution in [1.82, 2.24) is 14.7 Å². The third-order valence-corrected chi connectivity index (χ3v) is 4.63. The van der Waals surface area contributed by atoms with E-state index in [1.54, 1.807) is 28.6 Å². The maximum Gasteiger partial charge on any atom is 0.252 e. The van der Waals surface area contributed by atoms with Gasteiger partial charge in [0.15, 0.2) is 0 Å². The highest BCUT2D eigenvalue weighted by atomic mass is 16.5. The molecule has 1 atom stereocenters. The van der Waals surface area contributed by atoms with Crippen molar-refractivity contribution < 1.29 is 14.3 Å². The number of hydrogen-bond acceptors (Lipinski definition) is 4. The molecule has 0 radical (unpaired) electrons. The second kappa shape index (κ2) is 7.70. The molecule has 0 unspecified atom stereocenters. The van der Waals surface area contributed by atoms with Crippen LogP contribution in [-0.4, -0.2) is 60.9 Å². The zero-order chi connectivity index (χ0) is 18.7. The highest BCUT2D eigenvalue weighted by Crippen LogP contribution is 2.38. The molecular weight excluding hydrogens is 332 g/mol. The molecule has 7 nitrogen and oxygen atoms in total. The lowest BCUT2D eigenvalue weighted by molar-refractivity contribution is -0.129. The number of likely N-dealkylation sites (N-methyl/N-ethyl adjacent to an activating group) is 1. The van der Waals surface area contributed by atoms with E-state index in [4.69, 9.17) is 4.74 Å². The van der Waals surface area contributed by atoms with Gasteiger partial charge in [0, 0.05) is 45.6 Å². The predicted molar refractivity (Wildman–Crippen MR) is 98.1 cm³/mol. The Balaban J connectivity index is 1.85. The topological polar surface area (TPSA) is 67.7 Å². The molecule has 0 aliphatic carbocycles. The summed E-state index contributed by atoms with van der Waals surface area (Å²) in [6.07, 6.45) is 2.62. The lowest BCUT2D eigenvalue weighted by atomic mass is 9.87. The van der Waals surface area contributed by atoms with Crippen molar-refractivity contribution in [3.63, 3.8) is 0 Å². The number of anilines is 1. The molecule has 1 aliphatic heterocycles. The number of methoxy groups -OCH3 is 1. The molecule has 0 bridgehead atoms. The molecule has 0 N–H and O–H groups in total. The number of nitrogens with zero attached hydrogens (tertiary/aromatic N) is 4. The van der Waals surface area contributed by atoms with Crippen LogP contribution in [0.3, 0.4) is 0 Å². The van der Waals surface area contributed by atoms with E-state index in [0.717, 1.165) is 23.4 Å². The van der Waals surface area contributed by atoms with Crippen molar-refractivity contribution in [3.05, 3.63) is 47.8 Å². The van der Waals surface area contributed by atoms with E-state index in [0.29, 0.717) is 6.54 Å². The van der Waals surface area contributed by atoms with Crippen LogP contribution in [0.15, 0.2) is 36.5 Å². The second-order valence-corrected chi connectivity index (χ2v) is 6.60. The molecule has 2 heterocycles. The van der Waals surface area contributed by atoms with Gasteiger partial charge in [-0.1, -0.05) is 18.2 Å². The summed E-state index contributed by atoms with van der Waals surface area (Å²) in [4.78, 5) is 27.5. The Hall–Kier alpha value is -2.67. The molecule has 0 spiro atoms. The third-order valence-electron chi connectivity index (χ3n) is 4.63. The first kappa shape index (κ1) is 18.1. The number of rotatable bonds is 5. The number of ether oxygens (including phenoxy) is 1. The molecule has 138 valence electrons. The summed E-state index contributed by atoms with van der Waals surface area (Å²) in [7, 11) is 4.99. The fourth-order valence-corrected chi connectivity index (χ4v) is 3.26. The van der Waals surface area contributed by atoms with Gasteiger partial charge in [-0.3, -0.25) is 14.3 Å². The monoisotopic (exact) mass is 356 g/mol. The average molecular weight is 356 g/mol. The first-order chi connectivity index (χ1) is 12.5. The smallest absolute Gasteiger partial charge is 0.252 e. The van der Waals surface area contributed by atoms with E-state index in [2.05, 4.69) is 5.10 Å². The van der Waals surface area contributed by atoms with Gasteiger partial charge in [-0.05, 0) is 24.1 Å². The summed E-state index contributed by atoms with van der Waals surface area (Å²) in [5.41, 5.74) is 2.90. The molecule has 1 aromatic carbocycles. The highest BCUT2D eigenvalue weighted by molar-refractivity contribution is 5.95. The Morgan fingerprint density at radius 3 is 2.77 bits per heavy atom. The molecule has 0 fully saturated rings. The van der Waals surface area contributed by atoms with Crippen molar-refractivity contribution in [2.45, 2.75) is 18.9 Å². The van der Waals surface area contributed by atoms with Gasteiger partial charge in [0.1, 0.15) is 13.2 Å². The van der Waals surface area contributed by atoms with Crippen LogP contribution in [0.5, 0.6) is 0 Å². The second-order valence-electron chi connectivity index (χ2n) is 6.60. The van der Waals surface area contributed by atoms with Crippen LogP contribution in [-0.2, 0) is 20.9 Å². The molecule has 1 aliphatic rings.